The number of halogens is 1. The number of carbonyl (C=O) groups is 2. The summed E-state index contributed by atoms with van der Waals surface area (Å²) in [5.41, 5.74) is 1.41. The average Bonchev–Trinajstić information content (AvgIpc) is 3.24. The van der Waals surface area contributed by atoms with E-state index in [1.807, 2.05) is 24.3 Å². The molecule has 1 N–H and O–H groups in total. The Balaban J connectivity index is 1.75. The molecule has 0 saturated heterocycles. The Morgan fingerprint density at radius 3 is 2.66 bits per heavy atom. The van der Waals surface area contributed by atoms with E-state index < -0.39 is 5.41 Å². The number of para-hydroxylation sites is 1. The average molecular weight is 386 g/mol. The van der Waals surface area contributed by atoms with Crippen LogP contribution in [0.3, 0.4) is 0 Å². The van der Waals surface area contributed by atoms with Crippen molar-refractivity contribution < 1.29 is 14.0 Å². The van der Waals surface area contributed by atoms with E-state index in [2.05, 4.69) is 16.3 Å². The normalized spacial score (nSPS) is 19.7. The largest absolute Gasteiger partial charge is 0.310 e. The predicted molar refractivity (Wildman–Crippen MR) is 105 cm³/mol. The summed E-state index contributed by atoms with van der Waals surface area (Å²) in [7, 11) is 0. The van der Waals surface area contributed by atoms with Gasteiger partial charge in [-0.05, 0) is 35.9 Å². The van der Waals surface area contributed by atoms with Crippen molar-refractivity contribution in [2.24, 2.45) is 0 Å². The Bertz CT molecular complexity index is 1210. The van der Waals surface area contributed by atoms with Gasteiger partial charge in [0.1, 0.15) is 17.1 Å². The highest BCUT2D eigenvalue weighted by atomic mass is 19.1. The van der Waals surface area contributed by atoms with Gasteiger partial charge in [0, 0.05) is 17.7 Å². The summed E-state index contributed by atoms with van der Waals surface area (Å²) in [5, 5.41) is 7.23. The number of rotatable bonds is 2. The lowest BCUT2D eigenvalue weighted by molar-refractivity contribution is -0.126. The molecule has 0 fully saturated rings. The molecular weight excluding hydrogens is 371 g/mol. The van der Waals surface area contributed by atoms with E-state index in [9.17, 15) is 14.0 Å². The molecule has 1 spiro atoms. The second kappa shape index (κ2) is 6.04. The summed E-state index contributed by atoms with van der Waals surface area (Å²) in [6.07, 6.45) is 7.04. The summed E-state index contributed by atoms with van der Waals surface area (Å²) >= 11 is 0. The van der Waals surface area contributed by atoms with E-state index in [0.29, 0.717) is 22.8 Å². The Labute approximate surface area is 165 Å². The summed E-state index contributed by atoms with van der Waals surface area (Å²) in [6.45, 7) is 0.112. The van der Waals surface area contributed by atoms with Gasteiger partial charge < -0.3 is 5.32 Å². The molecule has 142 valence electrons. The fraction of sp³-hybridized carbons (Fsp3) is 0.136. The maximum atomic E-state index is 13.6. The molecule has 3 heterocycles. The van der Waals surface area contributed by atoms with Crippen LogP contribution >= 0.6 is 0 Å². The van der Waals surface area contributed by atoms with E-state index in [1.165, 1.54) is 21.7 Å². The van der Waals surface area contributed by atoms with Gasteiger partial charge >= 0.3 is 0 Å². The summed E-state index contributed by atoms with van der Waals surface area (Å²) in [4.78, 5) is 27.8. The molecule has 0 aliphatic carbocycles. The number of anilines is 2. The monoisotopic (exact) mass is 386 g/mol. The van der Waals surface area contributed by atoms with Gasteiger partial charge in [0.25, 0.3) is 0 Å². The zero-order valence-electron chi connectivity index (χ0n) is 15.2. The summed E-state index contributed by atoms with van der Waals surface area (Å²) in [5.74, 6) is 2.01. The van der Waals surface area contributed by atoms with Gasteiger partial charge in [-0.2, -0.15) is 5.10 Å². The number of amides is 2. The van der Waals surface area contributed by atoms with Gasteiger partial charge in [0.05, 0.1) is 18.4 Å². The first-order chi connectivity index (χ1) is 14.1. The first kappa shape index (κ1) is 17.2. The number of hydrogen-bond acceptors (Lipinski definition) is 3. The maximum Gasteiger partial charge on any atom is 0.243 e. The molecule has 2 aromatic carbocycles. The second-order valence-electron chi connectivity index (χ2n) is 7.04. The predicted octanol–water partition coefficient (Wildman–Crippen LogP) is 2.62. The Morgan fingerprint density at radius 2 is 1.90 bits per heavy atom. The number of fused-ring (bicyclic) bond motifs is 4. The molecule has 1 aromatic heterocycles. The molecule has 1 unspecified atom stereocenters. The van der Waals surface area contributed by atoms with Crippen LogP contribution in [0.25, 0.3) is 5.69 Å². The fourth-order valence-corrected chi connectivity index (χ4v) is 4.28. The minimum Gasteiger partial charge on any atom is -0.310 e. The van der Waals surface area contributed by atoms with Crippen LogP contribution in [0, 0.1) is 18.2 Å². The van der Waals surface area contributed by atoms with Crippen LogP contribution in [0.2, 0.25) is 0 Å². The highest BCUT2D eigenvalue weighted by molar-refractivity contribution is 6.16. The van der Waals surface area contributed by atoms with Crippen molar-refractivity contribution in [2.75, 3.05) is 16.8 Å². The SMILES string of the molecule is C#CCN1C(=O)C2(CC(=O)Nc3c2cnn3-c2ccc(F)cc2)c2ccccc21. The number of carbonyl (C=O) groups excluding carboxylic acids is 2. The lowest BCUT2D eigenvalue weighted by Crippen LogP contribution is -2.46. The lowest BCUT2D eigenvalue weighted by atomic mass is 9.72. The third-order valence-corrected chi connectivity index (χ3v) is 5.50. The molecule has 5 rings (SSSR count). The molecular formula is C22H15FN4O2. The number of benzene rings is 2. The molecule has 2 aliphatic rings. The highest BCUT2D eigenvalue weighted by Gasteiger charge is 2.56. The lowest BCUT2D eigenvalue weighted by Gasteiger charge is -2.32. The van der Waals surface area contributed by atoms with Gasteiger partial charge in [0.15, 0.2) is 0 Å². The van der Waals surface area contributed by atoms with E-state index in [0.717, 1.165) is 5.56 Å². The fourth-order valence-electron chi connectivity index (χ4n) is 4.28. The van der Waals surface area contributed by atoms with Crippen molar-refractivity contribution in [3.63, 3.8) is 0 Å². The van der Waals surface area contributed by atoms with Crippen LogP contribution in [-0.4, -0.2) is 28.1 Å². The third kappa shape index (κ3) is 2.26. The van der Waals surface area contributed by atoms with Crippen molar-refractivity contribution >= 4 is 23.3 Å². The van der Waals surface area contributed by atoms with E-state index in [1.54, 1.807) is 18.3 Å². The molecule has 2 aliphatic heterocycles. The molecule has 0 saturated carbocycles. The molecule has 1 atom stereocenters. The van der Waals surface area contributed by atoms with Crippen molar-refractivity contribution in [3.8, 4) is 18.0 Å². The zero-order valence-corrected chi connectivity index (χ0v) is 15.2. The van der Waals surface area contributed by atoms with Crippen LogP contribution < -0.4 is 10.2 Å². The molecule has 29 heavy (non-hydrogen) atoms. The summed E-state index contributed by atoms with van der Waals surface area (Å²) in [6, 6.07) is 13.1. The van der Waals surface area contributed by atoms with Gasteiger partial charge in [0.2, 0.25) is 11.8 Å². The Hall–Kier alpha value is -3.92. The Kier molecular flexibility index (Phi) is 3.58. The van der Waals surface area contributed by atoms with Gasteiger partial charge in [-0.1, -0.05) is 24.1 Å². The Morgan fingerprint density at radius 1 is 1.14 bits per heavy atom. The van der Waals surface area contributed by atoms with E-state index in [-0.39, 0.29) is 30.6 Å². The van der Waals surface area contributed by atoms with Gasteiger partial charge in [-0.3, -0.25) is 14.5 Å². The number of hydrogen-bond donors (Lipinski definition) is 1. The molecule has 2 amide bonds. The quantitative estimate of drug-likeness (QED) is 0.689. The van der Waals surface area contributed by atoms with Crippen LogP contribution in [0.4, 0.5) is 15.9 Å². The standard InChI is InChI=1S/C22H15FN4O2/c1-2-11-26-18-6-4-3-5-16(18)22(21(26)29)12-19(28)25-20-17(22)13-24-27(20)15-9-7-14(23)8-10-15/h1,3-10,13H,11-12H2,(H,25,28). The number of terminal acetylenes is 1. The number of nitrogens with zero attached hydrogens (tertiary/aromatic N) is 3. The molecule has 0 bridgehead atoms. The van der Waals surface area contributed by atoms with Crippen molar-refractivity contribution in [2.45, 2.75) is 11.8 Å². The molecule has 6 nitrogen and oxygen atoms in total. The van der Waals surface area contributed by atoms with E-state index in [4.69, 9.17) is 6.42 Å². The number of aromatic nitrogens is 2. The topological polar surface area (TPSA) is 67.2 Å². The van der Waals surface area contributed by atoms with Crippen LogP contribution in [0.15, 0.2) is 54.7 Å². The first-order valence-electron chi connectivity index (χ1n) is 9.05. The van der Waals surface area contributed by atoms with Crippen molar-refractivity contribution in [1.29, 1.82) is 0 Å². The zero-order chi connectivity index (χ0) is 20.2. The van der Waals surface area contributed by atoms with Crippen LogP contribution in [0.1, 0.15) is 17.5 Å². The van der Waals surface area contributed by atoms with Crippen LogP contribution in [-0.2, 0) is 15.0 Å². The summed E-state index contributed by atoms with van der Waals surface area (Å²) < 4.78 is 14.8. The highest BCUT2D eigenvalue weighted by Crippen LogP contribution is 2.52. The van der Waals surface area contributed by atoms with Crippen LogP contribution in [0.5, 0.6) is 0 Å². The van der Waals surface area contributed by atoms with E-state index >= 15 is 0 Å². The molecule has 7 heteroatoms. The minimum absolute atomic E-state index is 0.0357. The van der Waals surface area contributed by atoms with Gasteiger partial charge in [-0.25, -0.2) is 9.07 Å². The first-order valence-corrected chi connectivity index (χ1v) is 9.05. The van der Waals surface area contributed by atoms with Crippen molar-refractivity contribution in [1.82, 2.24) is 9.78 Å². The molecule has 0 radical (unpaired) electrons. The smallest absolute Gasteiger partial charge is 0.243 e. The third-order valence-electron chi connectivity index (χ3n) is 5.50. The van der Waals surface area contributed by atoms with Gasteiger partial charge in [-0.15, -0.1) is 6.42 Å². The number of nitrogens with one attached hydrogen (secondary N) is 1. The maximum absolute atomic E-state index is 13.6. The minimum atomic E-state index is -1.19. The molecule has 3 aromatic rings. The second-order valence-corrected chi connectivity index (χ2v) is 7.04. The van der Waals surface area contributed by atoms with Crippen molar-refractivity contribution in [3.05, 3.63) is 71.7 Å².